The number of ether oxygens (including phenoxy) is 1. The summed E-state index contributed by atoms with van der Waals surface area (Å²) in [6.07, 6.45) is 0. The molecule has 0 aliphatic heterocycles. The minimum Gasteiger partial charge on any atom is -0.494 e. The van der Waals surface area contributed by atoms with Gasteiger partial charge in [-0.05, 0) is 24.6 Å². The SMILES string of the molecule is COc1cc(C)c(S)cc1F. The Morgan fingerprint density at radius 3 is 2.64 bits per heavy atom. The molecule has 0 unspecified atom stereocenters. The van der Waals surface area contributed by atoms with Gasteiger partial charge >= 0.3 is 0 Å². The minimum atomic E-state index is -0.372. The molecular weight excluding hydrogens is 163 g/mol. The van der Waals surface area contributed by atoms with Crippen molar-refractivity contribution in [3.63, 3.8) is 0 Å². The fraction of sp³-hybridized carbons (Fsp3) is 0.250. The third kappa shape index (κ3) is 1.66. The van der Waals surface area contributed by atoms with Crippen LogP contribution in [0.3, 0.4) is 0 Å². The lowest BCUT2D eigenvalue weighted by Gasteiger charge is -2.04. The molecule has 3 heteroatoms. The molecule has 0 spiro atoms. The average Bonchev–Trinajstić information content (AvgIpc) is 1.97. The lowest BCUT2D eigenvalue weighted by atomic mass is 10.2. The zero-order chi connectivity index (χ0) is 8.43. The van der Waals surface area contributed by atoms with Crippen LogP contribution in [0.4, 0.5) is 4.39 Å². The second kappa shape index (κ2) is 3.13. The van der Waals surface area contributed by atoms with Crippen LogP contribution in [0, 0.1) is 12.7 Å². The van der Waals surface area contributed by atoms with Crippen LogP contribution in [0.15, 0.2) is 17.0 Å². The van der Waals surface area contributed by atoms with Gasteiger partial charge in [0.15, 0.2) is 11.6 Å². The van der Waals surface area contributed by atoms with Crippen molar-refractivity contribution in [1.82, 2.24) is 0 Å². The summed E-state index contributed by atoms with van der Waals surface area (Å²) < 4.78 is 17.6. The van der Waals surface area contributed by atoms with Crippen molar-refractivity contribution in [2.75, 3.05) is 7.11 Å². The number of methoxy groups -OCH3 is 1. The fourth-order valence-corrected chi connectivity index (χ4v) is 0.979. The number of halogens is 1. The lowest BCUT2D eigenvalue weighted by Crippen LogP contribution is -1.89. The molecule has 0 saturated carbocycles. The predicted molar refractivity (Wildman–Crippen MR) is 44.9 cm³/mol. The second-order valence-electron chi connectivity index (χ2n) is 2.27. The van der Waals surface area contributed by atoms with E-state index < -0.39 is 0 Å². The van der Waals surface area contributed by atoms with Gasteiger partial charge in [-0.25, -0.2) is 4.39 Å². The third-order valence-electron chi connectivity index (χ3n) is 1.47. The van der Waals surface area contributed by atoms with E-state index in [1.165, 1.54) is 13.2 Å². The van der Waals surface area contributed by atoms with E-state index in [4.69, 9.17) is 4.74 Å². The van der Waals surface area contributed by atoms with Crippen LogP contribution in [-0.4, -0.2) is 7.11 Å². The molecule has 0 saturated heterocycles. The Bertz CT molecular complexity index is 273. The zero-order valence-corrected chi connectivity index (χ0v) is 7.28. The smallest absolute Gasteiger partial charge is 0.166 e. The molecule has 0 atom stereocenters. The van der Waals surface area contributed by atoms with Gasteiger partial charge in [-0.3, -0.25) is 0 Å². The maximum Gasteiger partial charge on any atom is 0.166 e. The van der Waals surface area contributed by atoms with E-state index in [9.17, 15) is 4.39 Å². The Labute approximate surface area is 70.6 Å². The third-order valence-corrected chi connectivity index (χ3v) is 1.95. The van der Waals surface area contributed by atoms with Crippen LogP contribution >= 0.6 is 12.6 Å². The molecule has 11 heavy (non-hydrogen) atoms. The molecule has 1 aromatic carbocycles. The fourth-order valence-electron chi connectivity index (χ4n) is 0.801. The highest BCUT2D eigenvalue weighted by molar-refractivity contribution is 7.80. The quantitative estimate of drug-likeness (QED) is 0.640. The van der Waals surface area contributed by atoms with Crippen molar-refractivity contribution in [3.8, 4) is 5.75 Å². The highest BCUT2D eigenvalue weighted by atomic mass is 32.1. The molecule has 0 aliphatic carbocycles. The van der Waals surface area contributed by atoms with E-state index in [2.05, 4.69) is 12.6 Å². The van der Waals surface area contributed by atoms with Crippen molar-refractivity contribution in [3.05, 3.63) is 23.5 Å². The summed E-state index contributed by atoms with van der Waals surface area (Å²) in [6.45, 7) is 1.85. The summed E-state index contributed by atoms with van der Waals surface area (Å²) >= 11 is 4.06. The maximum absolute atomic E-state index is 12.9. The summed E-state index contributed by atoms with van der Waals surface area (Å²) in [7, 11) is 1.44. The number of hydrogen-bond donors (Lipinski definition) is 1. The Morgan fingerprint density at radius 1 is 1.45 bits per heavy atom. The number of thiol groups is 1. The minimum absolute atomic E-state index is 0.264. The van der Waals surface area contributed by atoms with E-state index in [1.807, 2.05) is 6.92 Å². The standard InChI is InChI=1S/C8H9FOS/c1-5-3-7(10-2)6(9)4-8(5)11/h3-4,11H,1-2H3. The monoisotopic (exact) mass is 172 g/mol. The van der Waals surface area contributed by atoms with Crippen LogP contribution in [0.1, 0.15) is 5.56 Å². The molecule has 0 amide bonds. The van der Waals surface area contributed by atoms with Gasteiger partial charge in [-0.2, -0.15) is 0 Å². The van der Waals surface area contributed by atoms with E-state index in [1.54, 1.807) is 6.07 Å². The number of aryl methyl sites for hydroxylation is 1. The summed E-state index contributed by atoms with van der Waals surface area (Å²) in [6, 6.07) is 2.97. The molecule has 1 nitrogen and oxygen atoms in total. The molecule has 1 rings (SSSR count). The van der Waals surface area contributed by atoms with Crippen LogP contribution in [0.5, 0.6) is 5.75 Å². The number of rotatable bonds is 1. The van der Waals surface area contributed by atoms with Gasteiger partial charge in [0.1, 0.15) is 0 Å². The summed E-state index contributed by atoms with van der Waals surface area (Å²) in [5, 5.41) is 0. The molecule has 0 radical (unpaired) electrons. The van der Waals surface area contributed by atoms with Crippen LogP contribution in [0.2, 0.25) is 0 Å². The molecule has 0 aromatic heterocycles. The topological polar surface area (TPSA) is 9.23 Å². The lowest BCUT2D eigenvalue weighted by molar-refractivity contribution is 0.385. The summed E-state index contributed by atoms with van der Waals surface area (Å²) in [5.74, 6) is -0.108. The number of benzene rings is 1. The molecule has 0 bridgehead atoms. The Hall–Kier alpha value is -0.700. The van der Waals surface area contributed by atoms with Gasteiger partial charge in [0, 0.05) is 4.90 Å². The van der Waals surface area contributed by atoms with Crippen LogP contribution in [-0.2, 0) is 0 Å². The Morgan fingerprint density at radius 2 is 2.09 bits per heavy atom. The Balaban J connectivity index is 3.21. The molecular formula is C8H9FOS. The first-order chi connectivity index (χ1) is 5.15. The van der Waals surface area contributed by atoms with Gasteiger partial charge in [0.2, 0.25) is 0 Å². The zero-order valence-electron chi connectivity index (χ0n) is 6.39. The van der Waals surface area contributed by atoms with Crippen molar-refractivity contribution in [2.24, 2.45) is 0 Å². The Kier molecular flexibility index (Phi) is 2.39. The molecule has 0 heterocycles. The highest BCUT2D eigenvalue weighted by Crippen LogP contribution is 2.23. The van der Waals surface area contributed by atoms with E-state index in [0.29, 0.717) is 4.90 Å². The van der Waals surface area contributed by atoms with Gasteiger partial charge in [-0.15, -0.1) is 12.6 Å². The van der Waals surface area contributed by atoms with E-state index >= 15 is 0 Å². The van der Waals surface area contributed by atoms with Gasteiger partial charge in [-0.1, -0.05) is 0 Å². The first-order valence-electron chi connectivity index (χ1n) is 3.18. The first-order valence-corrected chi connectivity index (χ1v) is 3.63. The second-order valence-corrected chi connectivity index (χ2v) is 2.76. The molecule has 0 aliphatic rings. The van der Waals surface area contributed by atoms with Crippen LogP contribution in [0.25, 0.3) is 0 Å². The van der Waals surface area contributed by atoms with E-state index in [0.717, 1.165) is 5.56 Å². The highest BCUT2D eigenvalue weighted by Gasteiger charge is 2.03. The van der Waals surface area contributed by atoms with Crippen LogP contribution < -0.4 is 4.74 Å². The average molecular weight is 172 g/mol. The predicted octanol–water partition coefficient (Wildman–Crippen LogP) is 2.43. The van der Waals surface area contributed by atoms with Crippen molar-refractivity contribution in [2.45, 2.75) is 11.8 Å². The molecule has 60 valence electrons. The first kappa shape index (κ1) is 8.40. The van der Waals surface area contributed by atoms with Gasteiger partial charge < -0.3 is 4.74 Å². The van der Waals surface area contributed by atoms with Crippen molar-refractivity contribution in [1.29, 1.82) is 0 Å². The van der Waals surface area contributed by atoms with E-state index in [-0.39, 0.29) is 11.6 Å². The normalized spacial score (nSPS) is 9.82. The summed E-state index contributed by atoms with van der Waals surface area (Å²) in [5.41, 5.74) is 0.909. The molecule has 0 N–H and O–H groups in total. The van der Waals surface area contributed by atoms with Crippen molar-refractivity contribution < 1.29 is 9.13 Å². The van der Waals surface area contributed by atoms with Gasteiger partial charge in [0.05, 0.1) is 7.11 Å². The molecule has 1 aromatic rings. The summed E-state index contributed by atoms with van der Waals surface area (Å²) in [4.78, 5) is 0.642. The van der Waals surface area contributed by atoms with Crippen molar-refractivity contribution >= 4 is 12.6 Å². The maximum atomic E-state index is 12.9. The molecule has 0 fully saturated rings. The van der Waals surface area contributed by atoms with Gasteiger partial charge in [0.25, 0.3) is 0 Å². The largest absolute Gasteiger partial charge is 0.494 e. The number of hydrogen-bond acceptors (Lipinski definition) is 2.